The van der Waals surface area contributed by atoms with Crippen molar-refractivity contribution in [2.24, 2.45) is 17.8 Å². The average molecular weight is 342 g/mol. The van der Waals surface area contributed by atoms with Gasteiger partial charge in [-0.25, -0.2) is 0 Å². The van der Waals surface area contributed by atoms with Gasteiger partial charge >= 0.3 is 0 Å². The van der Waals surface area contributed by atoms with Crippen LogP contribution in [0.25, 0.3) is 0 Å². The van der Waals surface area contributed by atoms with Gasteiger partial charge < -0.3 is 20.3 Å². The van der Waals surface area contributed by atoms with Gasteiger partial charge in [-0.15, -0.1) is 0 Å². The molecule has 0 aromatic heterocycles. The Bertz CT molecular complexity index is 329. The maximum atomic E-state index is 12.3. The maximum absolute atomic E-state index is 12.3. The van der Waals surface area contributed by atoms with Crippen LogP contribution in [0.2, 0.25) is 0 Å². The normalized spacial score (nSPS) is 21.4. The van der Waals surface area contributed by atoms with E-state index in [0.29, 0.717) is 11.8 Å². The maximum Gasteiger partial charge on any atom is 0.223 e. The van der Waals surface area contributed by atoms with Gasteiger partial charge in [0.2, 0.25) is 5.91 Å². The van der Waals surface area contributed by atoms with E-state index in [1.807, 2.05) is 0 Å². The minimum absolute atomic E-state index is 0.207. The van der Waals surface area contributed by atoms with Crippen LogP contribution in [0.4, 0.5) is 0 Å². The van der Waals surface area contributed by atoms with Crippen molar-refractivity contribution in [1.29, 1.82) is 0 Å². The van der Waals surface area contributed by atoms with E-state index in [1.165, 1.54) is 0 Å². The number of hydrogen-bond donors (Lipinski definition) is 2. The first-order valence-electron chi connectivity index (χ1n) is 9.77. The number of hydrogen-bond acceptors (Lipinski definition) is 4. The van der Waals surface area contributed by atoms with Crippen LogP contribution in [0.5, 0.6) is 0 Å². The van der Waals surface area contributed by atoms with Gasteiger partial charge in [0.05, 0.1) is 0 Å². The van der Waals surface area contributed by atoms with Crippen molar-refractivity contribution >= 4 is 5.91 Å². The van der Waals surface area contributed by atoms with Gasteiger partial charge in [-0.3, -0.25) is 4.79 Å². The summed E-state index contributed by atoms with van der Waals surface area (Å²) in [7, 11) is 2.10. The number of nitrogens with zero attached hydrogens (tertiary/aromatic N) is 1. The molecule has 142 valence electrons. The first-order chi connectivity index (χ1) is 11.5. The number of nitrogens with one attached hydrogen (secondary N) is 2. The van der Waals surface area contributed by atoms with Crippen LogP contribution in [0.1, 0.15) is 46.5 Å². The standard InChI is InChI=1S/C19H39N3O2/c1-5-20-10-12-22(4)13-11-21-19(23)18-8-6-17(7-9-18)15-24-14-16(2)3/h16-18,20H,5-15H2,1-4H3,(H,21,23). The second-order valence-electron chi connectivity index (χ2n) is 7.60. The molecule has 0 aliphatic heterocycles. The van der Waals surface area contributed by atoms with Crippen LogP contribution >= 0.6 is 0 Å². The summed E-state index contributed by atoms with van der Waals surface area (Å²) in [6.45, 7) is 12.9. The minimum atomic E-state index is 0.207. The van der Waals surface area contributed by atoms with E-state index in [9.17, 15) is 4.79 Å². The molecule has 0 saturated heterocycles. The molecule has 1 aliphatic carbocycles. The second kappa shape index (κ2) is 12.7. The summed E-state index contributed by atoms with van der Waals surface area (Å²) in [6, 6.07) is 0. The van der Waals surface area contributed by atoms with Crippen LogP contribution in [-0.4, -0.2) is 63.8 Å². The molecule has 1 saturated carbocycles. The molecule has 0 heterocycles. The zero-order valence-electron chi connectivity index (χ0n) is 16.3. The number of carbonyl (C=O) groups is 1. The van der Waals surface area contributed by atoms with Gasteiger partial charge in [0.15, 0.2) is 0 Å². The lowest BCUT2D eigenvalue weighted by Crippen LogP contribution is -2.39. The summed E-state index contributed by atoms with van der Waals surface area (Å²) < 4.78 is 5.75. The second-order valence-corrected chi connectivity index (χ2v) is 7.60. The molecule has 24 heavy (non-hydrogen) atoms. The van der Waals surface area contributed by atoms with Crippen LogP contribution in [0.15, 0.2) is 0 Å². The first kappa shape index (κ1) is 21.4. The molecule has 0 bridgehead atoms. The van der Waals surface area contributed by atoms with Crippen LogP contribution < -0.4 is 10.6 Å². The summed E-state index contributed by atoms with van der Waals surface area (Å²) in [5.74, 6) is 1.70. The molecule has 1 aliphatic rings. The molecule has 0 radical (unpaired) electrons. The SMILES string of the molecule is CCNCCN(C)CCNC(=O)C1CCC(COCC(C)C)CC1. The summed E-state index contributed by atoms with van der Waals surface area (Å²) >= 11 is 0. The Kier molecular flexibility index (Phi) is 11.3. The molecule has 0 spiro atoms. The molecule has 2 N–H and O–H groups in total. The topological polar surface area (TPSA) is 53.6 Å². The number of amides is 1. The molecule has 1 fully saturated rings. The predicted octanol–water partition coefficient (Wildman–Crippen LogP) is 2.12. The fraction of sp³-hybridized carbons (Fsp3) is 0.947. The molecule has 5 heteroatoms. The molecule has 0 atom stereocenters. The van der Waals surface area contributed by atoms with Crippen molar-refractivity contribution in [3.05, 3.63) is 0 Å². The quantitative estimate of drug-likeness (QED) is 0.534. The smallest absolute Gasteiger partial charge is 0.223 e. The van der Waals surface area contributed by atoms with Gasteiger partial charge in [0.25, 0.3) is 0 Å². The van der Waals surface area contributed by atoms with Gasteiger partial charge in [-0.1, -0.05) is 20.8 Å². The number of rotatable bonds is 12. The molecular weight excluding hydrogens is 302 g/mol. The number of carbonyl (C=O) groups excluding carboxylic acids is 1. The van der Waals surface area contributed by atoms with E-state index in [4.69, 9.17) is 4.74 Å². The molecule has 5 nitrogen and oxygen atoms in total. The third-order valence-electron chi connectivity index (χ3n) is 4.74. The van der Waals surface area contributed by atoms with E-state index >= 15 is 0 Å². The summed E-state index contributed by atoms with van der Waals surface area (Å²) in [6.07, 6.45) is 4.27. The van der Waals surface area contributed by atoms with Crippen molar-refractivity contribution in [3.63, 3.8) is 0 Å². The van der Waals surface area contributed by atoms with Crippen molar-refractivity contribution in [2.45, 2.75) is 46.5 Å². The molecule has 1 amide bonds. The Hall–Kier alpha value is -0.650. The Labute approximate surface area is 148 Å². The highest BCUT2D eigenvalue weighted by atomic mass is 16.5. The highest BCUT2D eigenvalue weighted by molar-refractivity contribution is 5.78. The Morgan fingerprint density at radius 3 is 2.46 bits per heavy atom. The predicted molar refractivity (Wildman–Crippen MR) is 100 cm³/mol. The van der Waals surface area contributed by atoms with E-state index in [-0.39, 0.29) is 11.8 Å². The molecule has 1 rings (SSSR count). The zero-order valence-corrected chi connectivity index (χ0v) is 16.3. The molecule has 0 aromatic carbocycles. The zero-order chi connectivity index (χ0) is 17.8. The third-order valence-corrected chi connectivity index (χ3v) is 4.74. The lowest BCUT2D eigenvalue weighted by atomic mass is 9.82. The Morgan fingerprint density at radius 1 is 1.17 bits per heavy atom. The molecule has 0 unspecified atom stereocenters. The Balaban J connectivity index is 2.08. The van der Waals surface area contributed by atoms with Gasteiger partial charge in [-0.2, -0.15) is 0 Å². The largest absolute Gasteiger partial charge is 0.381 e. The van der Waals surface area contributed by atoms with Crippen molar-refractivity contribution < 1.29 is 9.53 Å². The lowest BCUT2D eigenvalue weighted by molar-refractivity contribution is -0.126. The first-order valence-corrected chi connectivity index (χ1v) is 9.77. The average Bonchev–Trinajstić information content (AvgIpc) is 2.55. The fourth-order valence-corrected chi connectivity index (χ4v) is 3.13. The molecule has 0 aromatic rings. The lowest BCUT2D eigenvalue weighted by Gasteiger charge is -2.28. The fourth-order valence-electron chi connectivity index (χ4n) is 3.13. The highest BCUT2D eigenvalue weighted by Gasteiger charge is 2.26. The van der Waals surface area contributed by atoms with Gasteiger partial charge in [0.1, 0.15) is 0 Å². The summed E-state index contributed by atoms with van der Waals surface area (Å²) in [5.41, 5.74) is 0. The van der Waals surface area contributed by atoms with Crippen molar-refractivity contribution in [2.75, 3.05) is 53.0 Å². The van der Waals surface area contributed by atoms with Crippen molar-refractivity contribution in [1.82, 2.24) is 15.5 Å². The van der Waals surface area contributed by atoms with E-state index in [0.717, 1.165) is 71.6 Å². The molecular formula is C19H39N3O2. The van der Waals surface area contributed by atoms with Crippen LogP contribution in [0, 0.1) is 17.8 Å². The third kappa shape index (κ3) is 9.60. The van der Waals surface area contributed by atoms with E-state index in [1.54, 1.807) is 0 Å². The summed E-state index contributed by atoms with van der Waals surface area (Å²) in [5, 5.41) is 6.43. The monoisotopic (exact) mass is 341 g/mol. The summed E-state index contributed by atoms with van der Waals surface area (Å²) in [4.78, 5) is 14.5. The van der Waals surface area contributed by atoms with Crippen LogP contribution in [-0.2, 0) is 9.53 Å². The number of ether oxygens (including phenoxy) is 1. The Morgan fingerprint density at radius 2 is 1.83 bits per heavy atom. The minimum Gasteiger partial charge on any atom is -0.381 e. The number of likely N-dealkylation sites (N-methyl/N-ethyl adjacent to an activating group) is 2. The van der Waals surface area contributed by atoms with E-state index in [2.05, 4.69) is 43.4 Å². The van der Waals surface area contributed by atoms with Crippen LogP contribution in [0.3, 0.4) is 0 Å². The van der Waals surface area contributed by atoms with Crippen molar-refractivity contribution in [3.8, 4) is 0 Å². The highest BCUT2D eigenvalue weighted by Crippen LogP contribution is 2.29. The van der Waals surface area contributed by atoms with Gasteiger partial charge in [-0.05, 0) is 51.1 Å². The van der Waals surface area contributed by atoms with E-state index < -0.39 is 0 Å². The van der Waals surface area contributed by atoms with Gasteiger partial charge in [0, 0.05) is 45.3 Å².